The molecule has 0 spiro atoms. The van der Waals surface area contributed by atoms with Crippen molar-refractivity contribution in [3.63, 3.8) is 0 Å². The molecule has 0 aliphatic heterocycles. The third-order valence-electron chi connectivity index (χ3n) is 2.95. The van der Waals surface area contributed by atoms with Gasteiger partial charge in [0.1, 0.15) is 5.56 Å². The lowest BCUT2D eigenvalue weighted by Crippen LogP contribution is -2.09. The molecule has 6 nitrogen and oxygen atoms in total. The van der Waals surface area contributed by atoms with Crippen LogP contribution < -0.4 is 5.32 Å². The molecule has 116 valence electrons. The van der Waals surface area contributed by atoms with E-state index in [1.54, 1.807) is 24.3 Å². The second-order valence-electron chi connectivity index (χ2n) is 4.58. The smallest absolute Gasteiger partial charge is 0.345 e. The summed E-state index contributed by atoms with van der Waals surface area (Å²) in [5, 5.41) is 14.2. The van der Waals surface area contributed by atoms with Crippen molar-refractivity contribution in [1.29, 1.82) is 0 Å². The van der Waals surface area contributed by atoms with Gasteiger partial charge in [-0.3, -0.25) is 10.1 Å². The molecule has 1 aromatic carbocycles. The van der Waals surface area contributed by atoms with Crippen LogP contribution in [0.3, 0.4) is 0 Å². The number of ether oxygens (including phenoxy) is 1. The standard InChI is InChI=1S/C15H16N2O4S/c1-3-21-15(18)13-8-11(5-7-14(13)17(19)20)16-9-12-6-4-10(2)22-12/h4-8,16H,3,9H2,1-2H3. The third-order valence-corrected chi connectivity index (χ3v) is 3.95. The van der Waals surface area contributed by atoms with E-state index in [-0.39, 0.29) is 17.9 Å². The fourth-order valence-corrected chi connectivity index (χ4v) is 2.78. The Kier molecular flexibility index (Phi) is 5.11. The number of nitro groups is 1. The van der Waals surface area contributed by atoms with Crippen molar-refractivity contribution in [2.24, 2.45) is 0 Å². The lowest BCUT2D eigenvalue weighted by atomic mass is 10.1. The second kappa shape index (κ2) is 7.04. The molecular formula is C15H16N2O4S. The van der Waals surface area contributed by atoms with Gasteiger partial charge in [0.05, 0.1) is 11.5 Å². The number of aryl methyl sites for hydroxylation is 1. The average molecular weight is 320 g/mol. The summed E-state index contributed by atoms with van der Waals surface area (Å²) in [6.45, 7) is 4.45. The van der Waals surface area contributed by atoms with E-state index in [1.807, 2.05) is 19.1 Å². The number of carbonyl (C=O) groups is 1. The van der Waals surface area contributed by atoms with E-state index in [1.165, 1.54) is 17.0 Å². The summed E-state index contributed by atoms with van der Waals surface area (Å²) in [5.74, 6) is -0.690. The highest BCUT2D eigenvalue weighted by atomic mass is 32.1. The van der Waals surface area contributed by atoms with E-state index < -0.39 is 10.9 Å². The quantitative estimate of drug-likeness (QED) is 0.498. The number of nitrogens with zero attached hydrogens (tertiary/aromatic N) is 1. The molecule has 0 radical (unpaired) electrons. The highest BCUT2D eigenvalue weighted by Gasteiger charge is 2.21. The fraction of sp³-hybridized carbons (Fsp3) is 0.267. The Morgan fingerprint density at radius 3 is 2.73 bits per heavy atom. The third kappa shape index (κ3) is 3.82. The maximum atomic E-state index is 11.8. The first-order valence-electron chi connectivity index (χ1n) is 6.76. The molecule has 0 saturated heterocycles. The van der Waals surface area contributed by atoms with Crippen LogP contribution in [0.15, 0.2) is 30.3 Å². The Balaban J connectivity index is 2.20. The predicted octanol–water partition coefficient (Wildman–Crippen LogP) is 3.75. The number of nitrogens with one attached hydrogen (secondary N) is 1. The molecule has 0 amide bonds. The van der Waals surface area contributed by atoms with Crippen LogP contribution in [0.2, 0.25) is 0 Å². The predicted molar refractivity (Wildman–Crippen MR) is 85.4 cm³/mol. The summed E-state index contributed by atoms with van der Waals surface area (Å²) in [6.07, 6.45) is 0. The highest BCUT2D eigenvalue weighted by molar-refractivity contribution is 7.11. The summed E-state index contributed by atoms with van der Waals surface area (Å²) in [4.78, 5) is 24.6. The van der Waals surface area contributed by atoms with Crippen LogP contribution in [0.4, 0.5) is 11.4 Å². The lowest BCUT2D eigenvalue weighted by molar-refractivity contribution is -0.385. The van der Waals surface area contributed by atoms with E-state index in [4.69, 9.17) is 4.74 Å². The first-order chi connectivity index (χ1) is 10.5. The Hall–Kier alpha value is -2.41. The highest BCUT2D eigenvalue weighted by Crippen LogP contribution is 2.24. The van der Waals surface area contributed by atoms with E-state index in [0.717, 1.165) is 4.88 Å². The van der Waals surface area contributed by atoms with E-state index in [9.17, 15) is 14.9 Å². The Morgan fingerprint density at radius 2 is 2.14 bits per heavy atom. The second-order valence-corrected chi connectivity index (χ2v) is 5.95. The van der Waals surface area contributed by atoms with Gasteiger partial charge in [0, 0.05) is 28.1 Å². The van der Waals surface area contributed by atoms with Crippen molar-refractivity contribution in [2.75, 3.05) is 11.9 Å². The molecule has 22 heavy (non-hydrogen) atoms. The number of nitro benzene ring substituents is 1. The minimum absolute atomic E-state index is 0.0424. The molecule has 0 aliphatic rings. The number of benzene rings is 1. The molecule has 1 heterocycles. The number of carbonyl (C=O) groups excluding carboxylic acids is 1. The van der Waals surface area contributed by atoms with Gasteiger partial charge in [0.2, 0.25) is 0 Å². The normalized spacial score (nSPS) is 10.3. The van der Waals surface area contributed by atoms with Crippen LogP contribution in [0.25, 0.3) is 0 Å². The fourth-order valence-electron chi connectivity index (χ4n) is 1.95. The minimum Gasteiger partial charge on any atom is -0.462 e. The van der Waals surface area contributed by atoms with Crippen molar-refractivity contribution in [3.05, 3.63) is 55.8 Å². The van der Waals surface area contributed by atoms with Crippen LogP contribution in [-0.2, 0) is 11.3 Å². The molecule has 1 N–H and O–H groups in total. The summed E-state index contributed by atoms with van der Waals surface area (Å²) in [7, 11) is 0. The summed E-state index contributed by atoms with van der Waals surface area (Å²) in [6, 6.07) is 8.40. The van der Waals surface area contributed by atoms with E-state index in [2.05, 4.69) is 5.32 Å². The molecule has 2 rings (SSSR count). The number of esters is 1. The number of anilines is 1. The van der Waals surface area contributed by atoms with Gasteiger partial charge in [-0.05, 0) is 38.1 Å². The van der Waals surface area contributed by atoms with Gasteiger partial charge < -0.3 is 10.1 Å². The number of rotatable bonds is 6. The van der Waals surface area contributed by atoms with E-state index >= 15 is 0 Å². The molecule has 0 fully saturated rings. The SMILES string of the molecule is CCOC(=O)c1cc(NCc2ccc(C)s2)ccc1[N+](=O)[O-]. The summed E-state index contributed by atoms with van der Waals surface area (Å²) >= 11 is 1.67. The molecule has 1 aromatic heterocycles. The van der Waals surface area contributed by atoms with Crippen molar-refractivity contribution >= 4 is 28.7 Å². The number of hydrogen-bond acceptors (Lipinski definition) is 6. The van der Waals surface area contributed by atoms with Gasteiger partial charge >= 0.3 is 5.97 Å². The molecule has 2 aromatic rings. The Bertz CT molecular complexity index is 697. The Morgan fingerprint density at radius 1 is 1.36 bits per heavy atom. The van der Waals surface area contributed by atoms with Crippen LogP contribution in [0, 0.1) is 17.0 Å². The zero-order valence-electron chi connectivity index (χ0n) is 12.3. The number of hydrogen-bond donors (Lipinski definition) is 1. The molecule has 0 saturated carbocycles. The Labute approximate surface area is 131 Å². The van der Waals surface area contributed by atoms with Crippen LogP contribution in [-0.4, -0.2) is 17.5 Å². The van der Waals surface area contributed by atoms with E-state index in [0.29, 0.717) is 12.2 Å². The lowest BCUT2D eigenvalue weighted by Gasteiger charge is -2.08. The molecular weight excluding hydrogens is 304 g/mol. The monoisotopic (exact) mass is 320 g/mol. The van der Waals surface area contributed by atoms with Gasteiger partial charge in [-0.1, -0.05) is 0 Å². The topological polar surface area (TPSA) is 81.5 Å². The van der Waals surface area contributed by atoms with Crippen LogP contribution >= 0.6 is 11.3 Å². The zero-order valence-corrected chi connectivity index (χ0v) is 13.1. The zero-order chi connectivity index (χ0) is 16.1. The van der Waals surface area contributed by atoms with Crippen molar-refractivity contribution < 1.29 is 14.5 Å². The largest absolute Gasteiger partial charge is 0.462 e. The van der Waals surface area contributed by atoms with Gasteiger partial charge in [-0.2, -0.15) is 0 Å². The minimum atomic E-state index is -0.690. The van der Waals surface area contributed by atoms with Crippen LogP contribution in [0.5, 0.6) is 0 Å². The van der Waals surface area contributed by atoms with Gasteiger partial charge in [-0.15, -0.1) is 11.3 Å². The first kappa shape index (κ1) is 16.0. The molecule has 7 heteroatoms. The average Bonchev–Trinajstić information content (AvgIpc) is 2.90. The molecule has 0 atom stereocenters. The maximum absolute atomic E-state index is 11.8. The maximum Gasteiger partial charge on any atom is 0.345 e. The molecule has 0 unspecified atom stereocenters. The van der Waals surface area contributed by atoms with Gasteiger partial charge in [-0.25, -0.2) is 4.79 Å². The summed E-state index contributed by atoms with van der Waals surface area (Å²) in [5.41, 5.74) is 0.342. The molecule has 0 aliphatic carbocycles. The first-order valence-corrected chi connectivity index (χ1v) is 7.57. The van der Waals surface area contributed by atoms with Gasteiger partial charge in [0.25, 0.3) is 5.69 Å². The van der Waals surface area contributed by atoms with Crippen molar-refractivity contribution in [3.8, 4) is 0 Å². The molecule has 0 bridgehead atoms. The van der Waals surface area contributed by atoms with Crippen molar-refractivity contribution in [1.82, 2.24) is 0 Å². The van der Waals surface area contributed by atoms with Gasteiger partial charge in [0.15, 0.2) is 0 Å². The van der Waals surface area contributed by atoms with Crippen molar-refractivity contribution in [2.45, 2.75) is 20.4 Å². The number of thiophene rings is 1. The van der Waals surface area contributed by atoms with Crippen LogP contribution in [0.1, 0.15) is 27.0 Å². The summed E-state index contributed by atoms with van der Waals surface area (Å²) < 4.78 is 4.87.